The predicted molar refractivity (Wildman–Crippen MR) is 77.5 cm³/mol. The lowest BCUT2D eigenvalue weighted by atomic mass is 10.3. The van der Waals surface area contributed by atoms with Gasteiger partial charge in [0.1, 0.15) is 0 Å². The highest BCUT2D eigenvalue weighted by molar-refractivity contribution is 7.14. The number of carbonyl (C=O) groups is 1. The number of hydrogen-bond acceptors (Lipinski definition) is 3. The molecule has 0 aliphatic rings. The fraction of sp³-hybridized carbons (Fsp3) is 0.154. The van der Waals surface area contributed by atoms with Crippen molar-refractivity contribution in [1.29, 1.82) is 0 Å². The molecule has 0 aliphatic carbocycles. The van der Waals surface area contributed by atoms with Gasteiger partial charge in [-0.15, -0.1) is 11.3 Å². The molecule has 18 heavy (non-hydrogen) atoms. The highest BCUT2D eigenvalue weighted by atomic mass is 35.5. The van der Waals surface area contributed by atoms with Crippen LogP contribution in [0.3, 0.4) is 0 Å². The zero-order chi connectivity index (χ0) is 13.1. The van der Waals surface area contributed by atoms with Crippen molar-refractivity contribution in [3.05, 3.63) is 45.1 Å². The first kappa shape index (κ1) is 12.9. The molecule has 3 N–H and O–H groups in total. The van der Waals surface area contributed by atoms with Crippen molar-refractivity contribution in [3.63, 3.8) is 0 Å². The number of thiophene rings is 1. The quantitative estimate of drug-likeness (QED) is 0.840. The van der Waals surface area contributed by atoms with Crippen LogP contribution in [0, 0.1) is 0 Å². The van der Waals surface area contributed by atoms with Gasteiger partial charge < -0.3 is 11.1 Å². The van der Waals surface area contributed by atoms with Crippen molar-refractivity contribution in [3.8, 4) is 0 Å². The number of carbonyl (C=O) groups excluding carboxylic acids is 1. The van der Waals surface area contributed by atoms with Gasteiger partial charge >= 0.3 is 0 Å². The molecule has 2 rings (SSSR count). The van der Waals surface area contributed by atoms with E-state index >= 15 is 0 Å². The number of hydrogen-bond donors (Lipinski definition) is 2. The summed E-state index contributed by atoms with van der Waals surface area (Å²) >= 11 is 7.49. The summed E-state index contributed by atoms with van der Waals surface area (Å²) in [5.74, 6) is -0.147. The molecule has 1 heterocycles. The van der Waals surface area contributed by atoms with Gasteiger partial charge in [0, 0.05) is 10.6 Å². The van der Waals surface area contributed by atoms with Crippen LogP contribution in [0.1, 0.15) is 21.5 Å². The van der Waals surface area contributed by atoms with Gasteiger partial charge in [-0.1, -0.05) is 18.5 Å². The molecule has 0 saturated heterocycles. The molecule has 5 heteroatoms. The van der Waals surface area contributed by atoms with E-state index in [4.69, 9.17) is 17.3 Å². The van der Waals surface area contributed by atoms with Gasteiger partial charge in [0.05, 0.1) is 15.6 Å². The Hall–Kier alpha value is -1.52. The molecule has 1 aromatic heterocycles. The SMILES string of the molecule is CCc1ccc(C(=O)Nc2ccc(N)cc2Cl)s1. The molecule has 0 spiro atoms. The summed E-state index contributed by atoms with van der Waals surface area (Å²) in [6.45, 7) is 2.06. The molecular weight excluding hydrogens is 268 g/mol. The van der Waals surface area contributed by atoms with Crippen molar-refractivity contribution in [2.45, 2.75) is 13.3 Å². The number of nitrogen functional groups attached to an aromatic ring is 1. The van der Waals surface area contributed by atoms with Crippen molar-refractivity contribution >= 4 is 40.2 Å². The first-order valence-corrected chi connectivity index (χ1v) is 6.74. The first-order chi connectivity index (χ1) is 8.60. The number of anilines is 2. The molecule has 0 atom stereocenters. The Morgan fingerprint density at radius 2 is 2.17 bits per heavy atom. The maximum absolute atomic E-state index is 12.0. The molecule has 0 aliphatic heterocycles. The molecule has 1 aromatic carbocycles. The Kier molecular flexibility index (Phi) is 3.89. The Balaban J connectivity index is 2.16. The van der Waals surface area contributed by atoms with Crippen LogP contribution >= 0.6 is 22.9 Å². The molecular formula is C13H13ClN2OS. The van der Waals surface area contributed by atoms with E-state index in [1.54, 1.807) is 18.2 Å². The second kappa shape index (κ2) is 5.42. The monoisotopic (exact) mass is 280 g/mol. The maximum Gasteiger partial charge on any atom is 0.265 e. The smallest absolute Gasteiger partial charge is 0.265 e. The lowest BCUT2D eigenvalue weighted by molar-refractivity contribution is 0.103. The highest BCUT2D eigenvalue weighted by Crippen LogP contribution is 2.25. The highest BCUT2D eigenvalue weighted by Gasteiger charge is 2.10. The van der Waals surface area contributed by atoms with Gasteiger partial charge in [0.15, 0.2) is 0 Å². The molecule has 0 saturated carbocycles. The minimum absolute atomic E-state index is 0.147. The van der Waals surface area contributed by atoms with E-state index in [1.165, 1.54) is 16.2 Å². The van der Waals surface area contributed by atoms with Gasteiger partial charge in [0.25, 0.3) is 5.91 Å². The predicted octanol–water partition coefficient (Wildman–Crippen LogP) is 3.80. The van der Waals surface area contributed by atoms with Crippen LogP contribution in [0.2, 0.25) is 5.02 Å². The number of nitrogens with two attached hydrogens (primary N) is 1. The van der Waals surface area contributed by atoms with E-state index in [1.807, 2.05) is 12.1 Å². The van der Waals surface area contributed by atoms with Gasteiger partial charge in [-0.3, -0.25) is 4.79 Å². The Morgan fingerprint density at radius 3 is 2.78 bits per heavy atom. The normalized spacial score (nSPS) is 10.3. The summed E-state index contributed by atoms with van der Waals surface area (Å²) in [4.78, 5) is 13.9. The molecule has 94 valence electrons. The van der Waals surface area contributed by atoms with E-state index < -0.39 is 0 Å². The molecule has 3 nitrogen and oxygen atoms in total. The van der Waals surface area contributed by atoms with E-state index in [0.29, 0.717) is 21.3 Å². The Morgan fingerprint density at radius 1 is 1.39 bits per heavy atom. The first-order valence-electron chi connectivity index (χ1n) is 5.55. The van der Waals surface area contributed by atoms with Crippen molar-refractivity contribution in [1.82, 2.24) is 0 Å². The molecule has 2 aromatic rings. The van der Waals surface area contributed by atoms with E-state index in [-0.39, 0.29) is 5.91 Å². The minimum atomic E-state index is -0.147. The minimum Gasteiger partial charge on any atom is -0.399 e. The van der Waals surface area contributed by atoms with Crippen molar-refractivity contribution < 1.29 is 4.79 Å². The van der Waals surface area contributed by atoms with E-state index in [0.717, 1.165) is 6.42 Å². The van der Waals surface area contributed by atoms with Crippen LogP contribution in [0.4, 0.5) is 11.4 Å². The van der Waals surface area contributed by atoms with Crippen molar-refractivity contribution in [2.24, 2.45) is 0 Å². The second-order valence-electron chi connectivity index (χ2n) is 3.81. The molecule has 0 fully saturated rings. The van der Waals surface area contributed by atoms with Crippen LogP contribution in [0.15, 0.2) is 30.3 Å². The van der Waals surface area contributed by atoms with E-state index in [2.05, 4.69) is 12.2 Å². The fourth-order valence-corrected chi connectivity index (χ4v) is 2.59. The van der Waals surface area contributed by atoms with Crippen molar-refractivity contribution in [2.75, 3.05) is 11.1 Å². The summed E-state index contributed by atoms with van der Waals surface area (Å²) in [7, 11) is 0. The summed E-state index contributed by atoms with van der Waals surface area (Å²) < 4.78 is 0. The molecule has 1 amide bonds. The van der Waals surface area contributed by atoms with Gasteiger partial charge in [0.2, 0.25) is 0 Å². The van der Waals surface area contributed by atoms with Gasteiger partial charge in [-0.2, -0.15) is 0 Å². The van der Waals surface area contributed by atoms with Crippen LogP contribution < -0.4 is 11.1 Å². The average Bonchev–Trinajstić information content (AvgIpc) is 2.81. The largest absolute Gasteiger partial charge is 0.399 e. The molecule has 0 bridgehead atoms. The van der Waals surface area contributed by atoms with Crippen LogP contribution in [0.5, 0.6) is 0 Å². The average molecular weight is 281 g/mol. The number of amides is 1. The Labute approximate surface area is 115 Å². The molecule has 0 unspecified atom stereocenters. The summed E-state index contributed by atoms with van der Waals surface area (Å²) in [5.41, 5.74) is 6.74. The number of aryl methyl sites for hydroxylation is 1. The third-order valence-electron chi connectivity index (χ3n) is 2.48. The molecule has 0 radical (unpaired) electrons. The number of nitrogens with one attached hydrogen (secondary N) is 1. The van der Waals surface area contributed by atoms with Crippen LogP contribution in [-0.2, 0) is 6.42 Å². The third kappa shape index (κ3) is 2.83. The zero-order valence-electron chi connectivity index (χ0n) is 9.87. The third-order valence-corrected chi connectivity index (χ3v) is 4.02. The standard InChI is InChI=1S/C13H13ClN2OS/c1-2-9-4-6-12(18-9)13(17)16-11-5-3-8(15)7-10(11)14/h3-7H,2,15H2,1H3,(H,16,17). The zero-order valence-corrected chi connectivity index (χ0v) is 11.4. The Bertz CT molecular complexity index is 580. The summed E-state index contributed by atoms with van der Waals surface area (Å²) in [6, 6.07) is 8.80. The number of halogens is 1. The fourth-order valence-electron chi connectivity index (χ4n) is 1.51. The lowest BCUT2D eigenvalue weighted by Gasteiger charge is -2.06. The van der Waals surface area contributed by atoms with Crippen LogP contribution in [-0.4, -0.2) is 5.91 Å². The number of rotatable bonds is 3. The summed E-state index contributed by atoms with van der Waals surface area (Å²) in [6.07, 6.45) is 0.931. The van der Waals surface area contributed by atoms with Crippen LogP contribution in [0.25, 0.3) is 0 Å². The second-order valence-corrected chi connectivity index (χ2v) is 5.39. The van der Waals surface area contributed by atoms with Gasteiger partial charge in [-0.05, 0) is 36.8 Å². The van der Waals surface area contributed by atoms with E-state index in [9.17, 15) is 4.79 Å². The summed E-state index contributed by atoms with van der Waals surface area (Å²) in [5, 5.41) is 3.22. The lowest BCUT2D eigenvalue weighted by Crippen LogP contribution is -2.10. The maximum atomic E-state index is 12.0. The number of benzene rings is 1. The van der Waals surface area contributed by atoms with Gasteiger partial charge in [-0.25, -0.2) is 0 Å². The topological polar surface area (TPSA) is 55.1 Å².